The lowest BCUT2D eigenvalue weighted by Gasteiger charge is -2.39. The Morgan fingerprint density at radius 3 is 2.67 bits per heavy atom. The van der Waals surface area contributed by atoms with Gasteiger partial charge in [-0.15, -0.1) is 0 Å². The van der Waals surface area contributed by atoms with Gasteiger partial charge in [0.1, 0.15) is 5.52 Å². The molecule has 2 aliphatic rings. The Kier molecular flexibility index (Phi) is 4.27. The lowest BCUT2D eigenvalue weighted by atomic mass is 9.89. The van der Waals surface area contributed by atoms with Gasteiger partial charge in [0.2, 0.25) is 0 Å². The summed E-state index contributed by atoms with van der Waals surface area (Å²) in [4.78, 5) is 14.3. The van der Waals surface area contributed by atoms with Crippen LogP contribution in [0.5, 0.6) is 0 Å². The fourth-order valence-electron chi connectivity index (χ4n) is 4.44. The van der Waals surface area contributed by atoms with E-state index in [2.05, 4.69) is 15.8 Å². The van der Waals surface area contributed by atoms with E-state index in [0.29, 0.717) is 17.6 Å². The van der Waals surface area contributed by atoms with Crippen molar-refractivity contribution in [2.75, 3.05) is 13.1 Å². The minimum absolute atomic E-state index is 0.402. The molecule has 1 saturated carbocycles. The Bertz CT molecular complexity index is 732. The maximum Gasteiger partial charge on any atom is 0.250 e. The lowest BCUT2D eigenvalue weighted by Crippen LogP contribution is -2.42. The van der Waals surface area contributed by atoms with Gasteiger partial charge in [-0.1, -0.05) is 18.6 Å². The Hall–Kier alpha value is -1.88. The van der Waals surface area contributed by atoms with E-state index < -0.39 is 5.91 Å². The zero-order valence-electron chi connectivity index (χ0n) is 14.2. The molecule has 0 radical (unpaired) electrons. The van der Waals surface area contributed by atoms with Gasteiger partial charge in [-0.2, -0.15) is 5.10 Å². The summed E-state index contributed by atoms with van der Waals surface area (Å²) in [5, 5.41) is 5.74. The number of rotatable bonds is 3. The van der Waals surface area contributed by atoms with Gasteiger partial charge in [0.25, 0.3) is 5.91 Å². The number of likely N-dealkylation sites (tertiary alicyclic amines) is 1. The van der Waals surface area contributed by atoms with Crippen LogP contribution in [0, 0.1) is 0 Å². The molecule has 2 atom stereocenters. The second kappa shape index (κ2) is 6.55. The summed E-state index contributed by atoms with van der Waals surface area (Å²) in [5.74, 6) is -0.402. The minimum atomic E-state index is -0.402. The normalized spacial score (nSPS) is 25.8. The first-order valence-corrected chi connectivity index (χ1v) is 9.24. The van der Waals surface area contributed by atoms with Crippen molar-refractivity contribution in [2.24, 2.45) is 5.73 Å². The number of piperidine rings is 1. The first-order chi connectivity index (χ1) is 11.7. The molecule has 1 aromatic heterocycles. The molecule has 2 unspecified atom stereocenters. The van der Waals surface area contributed by atoms with Crippen LogP contribution in [0.25, 0.3) is 10.9 Å². The Balaban J connectivity index is 1.57. The molecule has 2 aromatic rings. The maximum atomic E-state index is 11.6. The van der Waals surface area contributed by atoms with Gasteiger partial charge in [-0.25, -0.2) is 0 Å². The van der Waals surface area contributed by atoms with Gasteiger partial charge in [0, 0.05) is 17.6 Å². The third-order valence-electron chi connectivity index (χ3n) is 5.72. The van der Waals surface area contributed by atoms with Gasteiger partial charge < -0.3 is 10.6 Å². The molecule has 1 aromatic carbocycles. The fraction of sp³-hybridized carbons (Fsp3) is 0.579. The number of aromatic nitrogens is 2. The van der Waals surface area contributed by atoms with Crippen molar-refractivity contribution in [2.45, 2.75) is 57.0 Å². The molecule has 1 amide bonds. The summed E-state index contributed by atoms with van der Waals surface area (Å²) >= 11 is 0. The molecule has 2 fully saturated rings. The molecule has 2 N–H and O–H groups in total. The van der Waals surface area contributed by atoms with Crippen molar-refractivity contribution in [3.8, 4) is 0 Å². The summed E-state index contributed by atoms with van der Waals surface area (Å²) in [6.45, 7) is 2.51. The van der Waals surface area contributed by atoms with Gasteiger partial charge in [0.15, 0.2) is 0 Å². The van der Waals surface area contributed by atoms with E-state index >= 15 is 0 Å². The number of amides is 1. The largest absolute Gasteiger partial charge is 0.366 e. The number of hydrogen-bond acceptors (Lipinski definition) is 3. The number of nitrogens with two attached hydrogens (primary N) is 1. The van der Waals surface area contributed by atoms with Crippen LogP contribution in [-0.4, -0.2) is 39.7 Å². The predicted molar refractivity (Wildman–Crippen MR) is 95.0 cm³/mol. The van der Waals surface area contributed by atoms with Crippen LogP contribution in [0.2, 0.25) is 0 Å². The molecule has 0 bridgehead atoms. The molecule has 4 rings (SSSR count). The van der Waals surface area contributed by atoms with E-state index in [4.69, 9.17) is 10.8 Å². The maximum absolute atomic E-state index is 11.6. The highest BCUT2D eigenvalue weighted by atomic mass is 16.1. The van der Waals surface area contributed by atoms with Crippen LogP contribution in [-0.2, 0) is 0 Å². The quantitative estimate of drug-likeness (QED) is 0.942. The van der Waals surface area contributed by atoms with Gasteiger partial charge in [0.05, 0.1) is 11.6 Å². The van der Waals surface area contributed by atoms with Crippen LogP contribution in [0.1, 0.15) is 61.3 Å². The van der Waals surface area contributed by atoms with Crippen molar-refractivity contribution >= 4 is 16.8 Å². The summed E-state index contributed by atoms with van der Waals surface area (Å²) in [6, 6.07) is 6.77. The van der Waals surface area contributed by atoms with E-state index in [0.717, 1.165) is 10.9 Å². The van der Waals surface area contributed by atoms with Crippen molar-refractivity contribution in [1.82, 2.24) is 14.7 Å². The van der Waals surface area contributed by atoms with E-state index in [-0.39, 0.29) is 0 Å². The van der Waals surface area contributed by atoms with Crippen LogP contribution in [0.3, 0.4) is 0 Å². The first kappa shape index (κ1) is 15.6. The third kappa shape index (κ3) is 2.93. The zero-order valence-corrected chi connectivity index (χ0v) is 14.2. The number of benzene rings is 1. The Morgan fingerprint density at radius 2 is 1.88 bits per heavy atom. The van der Waals surface area contributed by atoms with Gasteiger partial charge >= 0.3 is 0 Å². The van der Waals surface area contributed by atoms with E-state index in [1.54, 1.807) is 6.07 Å². The molecule has 128 valence electrons. The molecule has 1 aliphatic heterocycles. The highest BCUT2D eigenvalue weighted by molar-refractivity contribution is 6.04. The summed E-state index contributed by atoms with van der Waals surface area (Å²) in [5.41, 5.74) is 6.76. The monoisotopic (exact) mass is 326 g/mol. The zero-order chi connectivity index (χ0) is 16.5. The molecule has 5 heteroatoms. The predicted octanol–water partition coefficient (Wildman–Crippen LogP) is 3.10. The lowest BCUT2D eigenvalue weighted by molar-refractivity contribution is 0.100. The number of nitrogens with zero attached hydrogens (tertiary/aromatic N) is 3. The average Bonchev–Trinajstić information content (AvgIpc) is 3.06. The molecular weight excluding hydrogens is 300 g/mol. The van der Waals surface area contributed by atoms with Crippen molar-refractivity contribution in [3.05, 3.63) is 30.0 Å². The van der Waals surface area contributed by atoms with Crippen LogP contribution < -0.4 is 5.73 Å². The molecule has 5 nitrogen and oxygen atoms in total. The smallest absolute Gasteiger partial charge is 0.250 e. The Labute approximate surface area is 142 Å². The highest BCUT2D eigenvalue weighted by Crippen LogP contribution is 2.33. The van der Waals surface area contributed by atoms with Gasteiger partial charge in [-0.05, 0) is 57.7 Å². The fourth-order valence-corrected chi connectivity index (χ4v) is 4.44. The second-order valence-corrected chi connectivity index (χ2v) is 7.29. The number of carbonyl (C=O) groups excluding carboxylic acids is 1. The number of carbonyl (C=O) groups is 1. The van der Waals surface area contributed by atoms with E-state index in [1.807, 2.05) is 12.1 Å². The topological polar surface area (TPSA) is 64.2 Å². The third-order valence-corrected chi connectivity index (χ3v) is 5.72. The van der Waals surface area contributed by atoms with Gasteiger partial charge in [-0.3, -0.25) is 9.48 Å². The van der Waals surface area contributed by atoms with Crippen molar-refractivity contribution in [1.29, 1.82) is 0 Å². The standard InChI is InChI=1S/C19H26N4O/c20-19(24)17-9-4-6-14-13-23(21-18(14)17)16-8-5-7-15(12-16)22-10-2-1-3-11-22/h4,6,9,13,15-16H,1-3,5,7-8,10-12H2,(H2,20,24). The first-order valence-electron chi connectivity index (χ1n) is 9.24. The summed E-state index contributed by atoms with van der Waals surface area (Å²) < 4.78 is 2.09. The van der Waals surface area contributed by atoms with E-state index in [1.165, 1.54) is 58.0 Å². The number of fused-ring (bicyclic) bond motifs is 1. The van der Waals surface area contributed by atoms with Crippen LogP contribution in [0.4, 0.5) is 0 Å². The average molecular weight is 326 g/mol. The van der Waals surface area contributed by atoms with Crippen molar-refractivity contribution in [3.63, 3.8) is 0 Å². The Morgan fingerprint density at radius 1 is 1.08 bits per heavy atom. The number of hydrogen-bond donors (Lipinski definition) is 1. The summed E-state index contributed by atoms with van der Waals surface area (Å²) in [7, 11) is 0. The molecule has 0 spiro atoms. The molecule has 1 aliphatic carbocycles. The molecule has 1 saturated heterocycles. The van der Waals surface area contributed by atoms with Crippen LogP contribution in [0.15, 0.2) is 24.4 Å². The molecular formula is C19H26N4O. The van der Waals surface area contributed by atoms with Crippen LogP contribution >= 0.6 is 0 Å². The van der Waals surface area contributed by atoms with E-state index in [9.17, 15) is 4.79 Å². The highest BCUT2D eigenvalue weighted by Gasteiger charge is 2.29. The number of primary amides is 1. The molecule has 24 heavy (non-hydrogen) atoms. The summed E-state index contributed by atoms with van der Waals surface area (Å²) in [6.07, 6.45) is 11.1. The minimum Gasteiger partial charge on any atom is -0.366 e. The molecule has 2 heterocycles. The van der Waals surface area contributed by atoms with Crippen molar-refractivity contribution < 1.29 is 4.79 Å². The SMILES string of the molecule is NC(=O)c1cccc2cn(C3CCCC(N4CCCCC4)C3)nc12. The second-order valence-electron chi connectivity index (χ2n) is 7.29.